The first kappa shape index (κ1) is 14.2. The van der Waals surface area contributed by atoms with Crippen molar-refractivity contribution in [2.45, 2.75) is 12.6 Å². The zero-order valence-corrected chi connectivity index (χ0v) is 11.1. The van der Waals surface area contributed by atoms with Crippen LogP contribution in [0.5, 0.6) is 0 Å². The van der Waals surface area contributed by atoms with E-state index in [-0.39, 0.29) is 28.8 Å². The molecule has 1 amide bonds. The van der Waals surface area contributed by atoms with Gasteiger partial charge < -0.3 is 5.32 Å². The average Bonchev–Trinajstić information content (AvgIpc) is 2.46. The number of fused-ring (bicyclic) bond motifs is 1. The van der Waals surface area contributed by atoms with E-state index in [4.69, 9.17) is 0 Å². The second-order valence-electron chi connectivity index (χ2n) is 4.83. The number of pyridine rings is 1. The van der Waals surface area contributed by atoms with Gasteiger partial charge in [-0.2, -0.15) is 13.2 Å². The van der Waals surface area contributed by atoms with E-state index in [2.05, 4.69) is 10.3 Å². The number of alkyl halides is 3. The molecule has 112 valence electrons. The van der Waals surface area contributed by atoms with Crippen LogP contribution in [0.25, 0.3) is 11.1 Å². The molecular formula is C15H9F3N2O2. The summed E-state index contributed by atoms with van der Waals surface area (Å²) in [5.41, 5.74) is -0.840. The lowest BCUT2D eigenvalue weighted by Gasteiger charge is -2.21. The van der Waals surface area contributed by atoms with Crippen LogP contribution in [-0.2, 0) is 11.0 Å². The predicted molar refractivity (Wildman–Crippen MR) is 72.3 cm³/mol. The molecule has 0 spiro atoms. The fourth-order valence-corrected chi connectivity index (χ4v) is 2.36. The van der Waals surface area contributed by atoms with E-state index in [9.17, 15) is 22.8 Å². The smallest absolute Gasteiger partial charge is 0.325 e. The lowest BCUT2D eigenvalue weighted by molar-refractivity contribution is -0.137. The molecular weight excluding hydrogens is 297 g/mol. The SMILES string of the molecule is O=C1CC(=O)c2cc(-c3cccnc3)c(C(F)(F)F)cc2N1. The largest absolute Gasteiger partial charge is 0.417 e. The number of nitrogens with zero attached hydrogens (tertiary/aromatic N) is 1. The molecule has 22 heavy (non-hydrogen) atoms. The van der Waals surface area contributed by atoms with Crippen LogP contribution in [0.15, 0.2) is 36.7 Å². The van der Waals surface area contributed by atoms with Crippen LogP contribution in [0, 0.1) is 0 Å². The van der Waals surface area contributed by atoms with Gasteiger partial charge in [-0.1, -0.05) is 6.07 Å². The summed E-state index contributed by atoms with van der Waals surface area (Å²) in [6.45, 7) is 0. The highest BCUT2D eigenvalue weighted by molar-refractivity contribution is 6.19. The number of anilines is 1. The van der Waals surface area contributed by atoms with Crippen LogP contribution < -0.4 is 5.32 Å². The molecule has 0 unspecified atom stereocenters. The summed E-state index contributed by atoms with van der Waals surface area (Å²) in [5.74, 6) is -1.11. The number of aromatic nitrogens is 1. The van der Waals surface area contributed by atoms with Gasteiger partial charge in [0.15, 0.2) is 5.78 Å². The molecule has 1 aliphatic rings. The summed E-state index contributed by atoms with van der Waals surface area (Å²) in [4.78, 5) is 27.0. The Hall–Kier alpha value is -2.70. The monoisotopic (exact) mass is 306 g/mol. The van der Waals surface area contributed by atoms with Crippen molar-refractivity contribution >= 4 is 17.4 Å². The number of Topliss-reactive ketones (excluding diaryl/α,β-unsaturated/α-hetero) is 1. The van der Waals surface area contributed by atoms with Gasteiger partial charge in [-0.15, -0.1) is 0 Å². The number of rotatable bonds is 1. The van der Waals surface area contributed by atoms with Crippen molar-refractivity contribution < 1.29 is 22.8 Å². The van der Waals surface area contributed by atoms with Crippen LogP contribution in [0.3, 0.4) is 0 Å². The van der Waals surface area contributed by atoms with E-state index in [1.54, 1.807) is 0 Å². The first-order valence-electron chi connectivity index (χ1n) is 6.35. The highest BCUT2D eigenvalue weighted by atomic mass is 19.4. The number of amides is 1. The van der Waals surface area contributed by atoms with Crippen molar-refractivity contribution in [3.63, 3.8) is 0 Å². The van der Waals surface area contributed by atoms with Crippen LogP contribution in [0.4, 0.5) is 18.9 Å². The Bertz CT molecular complexity index is 770. The highest BCUT2D eigenvalue weighted by Gasteiger charge is 2.36. The topological polar surface area (TPSA) is 59.1 Å². The van der Waals surface area contributed by atoms with Crippen LogP contribution in [-0.4, -0.2) is 16.7 Å². The molecule has 7 heteroatoms. The van der Waals surface area contributed by atoms with Gasteiger partial charge in [0.2, 0.25) is 5.91 Å². The summed E-state index contributed by atoms with van der Waals surface area (Å²) in [6.07, 6.45) is -2.25. The van der Waals surface area contributed by atoms with Crippen LogP contribution >= 0.6 is 0 Å². The Morgan fingerprint density at radius 2 is 1.91 bits per heavy atom. The summed E-state index contributed by atoms with van der Waals surface area (Å²) >= 11 is 0. The number of carbonyl (C=O) groups excluding carboxylic acids is 2. The molecule has 0 bridgehead atoms. The molecule has 2 aromatic rings. The number of nitrogens with one attached hydrogen (secondary N) is 1. The molecule has 0 saturated heterocycles. The average molecular weight is 306 g/mol. The summed E-state index contributed by atoms with van der Waals surface area (Å²) < 4.78 is 39.8. The maximum Gasteiger partial charge on any atom is 0.417 e. The first-order chi connectivity index (χ1) is 10.4. The molecule has 0 aliphatic carbocycles. The molecule has 2 heterocycles. The minimum atomic E-state index is -4.62. The molecule has 1 N–H and O–H groups in total. The third kappa shape index (κ3) is 2.45. The zero-order valence-electron chi connectivity index (χ0n) is 11.1. The van der Waals surface area contributed by atoms with Gasteiger partial charge in [0.05, 0.1) is 17.7 Å². The quantitative estimate of drug-likeness (QED) is 0.822. The number of hydrogen-bond donors (Lipinski definition) is 1. The van der Waals surface area contributed by atoms with E-state index in [0.29, 0.717) is 0 Å². The van der Waals surface area contributed by atoms with Gasteiger partial charge in [-0.3, -0.25) is 14.6 Å². The van der Waals surface area contributed by atoms with Crippen molar-refractivity contribution in [2.75, 3.05) is 5.32 Å². The van der Waals surface area contributed by atoms with Crippen molar-refractivity contribution in [2.24, 2.45) is 0 Å². The molecule has 1 aromatic heterocycles. The highest BCUT2D eigenvalue weighted by Crippen LogP contribution is 2.40. The van der Waals surface area contributed by atoms with Crippen molar-refractivity contribution in [1.29, 1.82) is 0 Å². The normalized spacial score (nSPS) is 14.5. The molecule has 1 aromatic carbocycles. The number of benzene rings is 1. The van der Waals surface area contributed by atoms with Gasteiger partial charge in [0, 0.05) is 23.5 Å². The van der Waals surface area contributed by atoms with Gasteiger partial charge in [0.25, 0.3) is 0 Å². The second-order valence-corrected chi connectivity index (χ2v) is 4.83. The third-order valence-electron chi connectivity index (χ3n) is 3.33. The fraction of sp³-hybridized carbons (Fsp3) is 0.133. The van der Waals surface area contributed by atoms with E-state index in [1.807, 2.05) is 0 Å². The summed E-state index contributed by atoms with van der Waals surface area (Å²) in [7, 11) is 0. The van der Waals surface area contributed by atoms with E-state index < -0.39 is 23.4 Å². The van der Waals surface area contributed by atoms with E-state index in [1.165, 1.54) is 24.5 Å². The zero-order chi connectivity index (χ0) is 15.9. The number of hydrogen-bond acceptors (Lipinski definition) is 3. The summed E-state index contributed by atoms with van der Waals surface area (Å²) in [5, 5.41) is 2.31. The first-order valence-corrected chi connectivity index (χ1v) is 6.35. The van der Waals surface area contributed by atoms with Crippen molar-refractivity contribution in [3.8, 4) is 11.1 Å². The van der Waals surface area contributed by atoms with Crippen LogP contribution in [0.1, 0.15) is 22.3 Å². The Labute approximate surface area is 123 Å². The van der Waals surface area contributed by atoms with E-state index in [0.717, 1.165) is 12.1 Å². The molecule has 0 radical (unpaired) electrons. The van der Waals surface area contributed by atoms with Gasteiger partial charge in [0.1, 0.15) is 0 Å². The maximum absolute atomic E-state index is 13.3. The standard InChI is InChI=1S/C15H9F3N2O2/c16-15(17,18)11-5-12-10(13(21)6-14(22)20-12)4-9(11)8-2-1-3-19-7-8/h1-5,7H,6H2,(H,20,22). The summed E-state index contributed by atoms with van der Waals surface area (Å²) in [6, 6.07) is 4.96. The molecule has 4 nitrogen and oxygen atoms in total. The Kier molecular flexibility index (Phi) is 3.20. The maximum atomic E-state index is 13.3. The van der Waals surface area contributed by atoms with Crippen molar-refractivity contribution in [1.82, 2.24) is 4.98 Å². The molecule has 1 aliphatic heterocycles. The Morgan fingerprint density at radius 3 is 2.55 bits per heavy atom. The number of halogens is 3. The minimum Gasteiger partial charge on any atom is -0.325 e. The predicted octanol–water partition coefficient (Wildman–Crippen LogP) is 3.29. The Morgan fingerprint density at radius 1 is 1.14 bits per heavy atom. The minimum absolute atomic E-state index is 0.0754. The third-order valence-corrected chi connectivity index (χ3v) is 3.33. The number of carbonyl (C=O) groups is 2. The van der Waals surface area contributed by atoms with E-state index >= 15 is 0 Å². The molecule has 3 rings (SSSR count). The van der Waals surface area contributed by atoms with Crippen LogP contribution in [0.2, 0.25) is 0 Å². The molecule has 0 atom stereocenters. The lowest BCUT2D eigenvalue weighted by Crippen LogP contribution is -2.25. The molecule has 0 saturated carbocycles. The number of ketones is 1. The van der Waals surface area contributed by atoms with Gasteiger partial charge in [-0.25, -0.2) is 0 Å². The molecule has 0 fully saturated rings. The second kappa shape index (κ2) is 4.94. The van der Waals surface area contributed by atoms with Gasteiger partial charge >= 0.3 is 6.18 Å². The fourth-order valence-electron chi connectivity index (χ4n) is 2.36. The lowest BCUT2D eigenvalue weighted by atomic mass is 9.92. The van der Waals surface area contributed by atoms with Crippen molar-refractivity contribution in [3.05, 3.63) is 47.8 Å². The van der Waals surface area contributed by atoms with Gasteiger partial charge in [-0.05, 0) is 23.8 Å². The Balaban J connectivity index is 2.27.